The molecule has 0 aliphatic heterocycles. The first kappa shape index (κ1) is 7.22. The molecule has 0 unspecified atom stereocenters. The topological polar surface area (TPSA) is 0 Å². The molecule has 0 bridgehead atoms. The van der Waals surface area contributed by atoms with Crippen molar-refractivity contribution >= 4 is 0 Å². The molecule has 0 saturated heterocycles. The van der Waals surface area contributed by atoms with E-state index in [4.69, 9.17) is 0 Å². The van der Waals surface area contributed by atoms with E-state index in [-0.39, 0.29) is 0 Å². The highest BCUT2D eigenvalue weighted by atomic mass is 13.8. The molecule has 0 radical (unpaired) electrons. The minimum absolute atomic E-state index is 1.06. The lowest BCUT2D eigenvalue weighted by Crippen LogP contribution is -1.62. The molecule has 0 nitrogen and oxygen atoms in total. The molecule has 0 aromatic rings. The molecule has 0 aromatic carbocycles. The first-order valence-electron chi connectivity index (χ1n) is 2.62. The molecule has 0 fully saturated rings. The molecule has 0 amide bonds. The van der Waals surface area contributed by atoms with E-state index in [1.807, 2.05) is 26.0 Å². The molecule has 0 aliphatic rings. The Morgan fingerprint density at radius 3 is 1.38 bits per heavy atom. The lowest BCUT2D eigenvalue weighted by Gasteiger charge is -1.84. The van der Waals surface area contributed by atoms with E-state index >= 15 is 0 Å². The molecule has 0 rings (SSSR count). The maximum absolute atomic E-state index is 3.70. The van der Waals surface area contributed by atoms with Crippen molar-refractivity contribution in [3.05, 3.63) is 36.5 Å². The van der Waals surface area contributed by atoms with Gasteiger partial charge in [-0.25, -0.2) is 0 Å². The summed E-state index contributed by atoms with van der Waals surface area (Å²) in [6.45, 7) is 11.3. The minimum Gasteiger partial charge on any atom is -0.0961 e. The van der Waals surface area contributed by atoms with Crippen LogP contribution >= 0.6 is 0 Å². The summed E-state index contributed by atoms with van der Waals surface area (Å²) >= 11 is 0. The minimum atomic E-state index is 1.06. The summed E-state index contributed by atoms with van der Waals surface area (Å²) in [5.41, 5.74) is 2.13. The Kier molecular flexibility index (Phi) is 2.93. The van der Waals surface area contributed by atoms with Gasteiger partial charge < -0.3 is 0 Å². The molecule has 0 saturated carbocycles. The third kappa shape index (κ3) is 5.22. The molecule has 0 heterocycles. The van der Waals surface area contributed by atoms with E-state index in [1.54, 1.807) is 0 Å². The van der Waals surface area contributed by atoms with Gasteiger partial charge in [0.2, 0.25) is 0 Å². The molecule has 44 valence electrons. The van der Waals surface area contributed by atoms with Crippen LogP contribution in [0, 0.1) is 0 Å². The van der Waals surface area contributed by atoms with E-state index in [9.17, 15) is 0 Å². The fourth-order valence-electron chi connectivity index (χ4n) is 0.285. The molecule has 0 N–H and O–H groups in total. The van der Waals surface area contributed by atoms with Crippen molar-refractivity contribution in [3.63, 3.8) is 0 Å². The Labute approximate surface area is 51.2 Å². The van der Waals surface area contributed by atoms with Gasteiger partial charge in [0.1, 0.15) is 0 Å². The van der Waals surface area contributed by atoms with Crippen LogP contribution in [0.5, 0.6) is 0 Å². The van der Waals surface area contributed by atoms with Gasteiger partial charge in [-0.15, -0.1) is 0 Å². The average molecular weight is 108 g/mol. The zero-order valence-electron chi connectivity index (χ0n) is 5.57. The first-order chi connectivity index (χ1) is 3.63. The van der Waals surface area contributed by atoms with Crippen LogP contribution in [0.25, 0.3) is 0 Å². The maximum atomic E-state index is 3.70. The standard InChI is InChI=1S/C8H12/c1-7(2)5-6-8(3)4/h5-6H,1,3H2,2,4H3/b6-5+. The van der Waals surface area contributed by atoms with Crippen LogP contribution in [-0.4, -0.2) is 0 Å². The van der Waals surface area contributed by atoms with Gasteiger partial charge in [-0.2, -0.15) is 0 Å². The van der Waals surface area contributed by atoms with Crippen molar-refractivity contribution in [2.75, 3.05) is 0 Å². The Hall–Kier alpha value is -0.780. The molecular weight excluding hydrogens is 96.1 g/mol. The molecule has 8 heavy (non-hydrogen) atoms. The predicted molar refractivity (Wildman–Crippen MR) is 38.8 cm³/mol. The monoisotopic (exact) mass is 108 g/mol. The second-order valence-electron chi connectivity index (χ2n) is 2.03. The number of hydrogen-bond acceptors (Lipinski definition) is 0. The van der Waals surface area contributed by atoms with Gasteiger partial charge in [-0.3, -0.25) is 0 Å². The van der Waals surface area contributed by atoms with E-state index in [0.29, 0.717) is 0 Å². The zero-order chi connectivity index (χ0) is 6.57. The van der Waals surface area contributed by atoms with E-state index in [1.165, 1.54) is 0 Å². The number of hydrogen-bond donors (Lipinski definition) is 0. The van der Waals surface area contributed by atoms with E-state index in [2.05, 4.69) is 13.2 Å². The van der Waals surface area contributed by atoms with Crippen molar-refractivity contribution < 1.29 is 0 Å². The Morgan fingerprint density at radius 1 is 1.00 bits per heavy atom. The lowest BCUT2D eigenvalue weighted by atomic mass is 10.2. The summed E-state index contributed by atoms with van der Waals surface area (Å²) < 4.78 is 0. The Balaban J connectivity index is 3.67. The molecule has 0 spiro atoms. The van der Waals surface area contributed by atoms with E-state index < -0.39 is 0 Å². The summed E-state index contributed by atoms with van der Waals surface area (Å²) in [6, 6.07) is 0. The highest BCUT2D eigenvalue weighted by Gasteiger charge is 1.72. The highest BCUT2D eigenvalue weighted by Crippen LogP contribution is 1.94. The molecule has 0 heteroatoms. The summed E-state index contributed by atoms with van der Waals surface area (Å²) in [4.78, 5) is 0. The normalized spacial score (nSPS) is 9.75. The zero-order valence-corrected chi connectivity index (χ0v) is 5.57. The second-order valence-corrected chi connectivity index (χ2v) is 2.03. The van der Waals surface area contributed by atoms with E-state index in [0.717, 1.165) is 11.1 Å². The SMILES string of the molecule is C=C(C)/C=C/C(=C)C. The molecule has 0 atom stereocenters. The van der Waals surface area contributed by atoms with Gasteiger partial charge in [-0.1, -0.05) is 36.5 Å². The van der Waals surface area contributed by atoms with Gasteiger partial charge in [0.15, 0.2) is 0 Å². The quantitative estimate of drug-likeness (QED) is 0.477. The van der Waals surface area contributed by atoms with Crippen LogP contribution in [0.2, 0.25) is 0 Å². The van der Waals surface area contributed by atoms with Crippen molar-refractivity contribution in [1.82, 2.24) is 0 Å². The summed E-state index contributed by atoms with van der Waals surface area (Å²) in [6.07, 6.45) is 3.89. The summed E-state index contributed by atoms with van der Waals surface area (Å²) in [7, 11) is 0. The van der Waals surface area contributed by atoms with Crippen molar-refractivity contribution in [2.24, 2.45) is 0 Å². The van der Waals surface area contributed by atoms with Gasteiger partial charge in [0, 0.05) is 0 Å². The summed E-state index contributed by atoms with van der Waals surface area (Å²) in [5, 5.41) is 0. The van der Waals surface area contributed by atoms with Crippen molar-refractivity contribution in [2.45, 2.75) is 13.8 Å². The predicted octanol–water partition coefficient (Wildman–Crippen LogP) is 2.69. The third-order valence-electron chi connectivity index (χ3n) is 0.652. The van der Waals surface area contributed by atoms with Crippen LogP contribution in [0.1, 0.15) is 13.8 Å². The lowest BCUT2D eigenvalue weighted by molar-refractivity contribution is 1.50. The third-order valence-corrected chi connectivity index (χ3v) is 0.652. The van der Waals surface area contributed by atoms with Crippen LogP contribution in [0.15, 0.2) is 36.5 Å². The number of rotatable bonds is 2. The van der Waals surface area contributed by atoms with Crippen LogP contribution in [-0.2, 0) is 0 Å². The fraction of sp³-hybridized carbons (Fsp3) is 0.250. The largest absolute Gasteiger partial charge is 0.0961 e. The maximum Gasteiger partial charge on any atom is -0.0404 e. The van der Waals surface area contributed by atoms with Crippen LogP contribution in [0.4, 0.5) is 0 Å². The smallest absolute Gasteiger partial charge is 0.0404 e. The van der Waals surface area contributed by atoms with Gasteiger partial charge >= 0.3 is 0 Å². The number of allylic oxidation sites excluding steroid dienone is 4. The second kappa shape index (κ2) is 3.25. The van der Waals surface area contributed by atoms with Crippen molar-refractivity contribution in [3.8, 4) is 0 Å². The van der Waals surface area contributed by atoms with Crippen LogP contribution < -0.4 is 0 Å². The highest BCUT2D eigenvalue weighted by molar-refractivity contribution is 5.20. The first-order valence-corrected chi connectivity index (χ1v) is 2.62. The van der Waals surface area contributed by atoms with Crippen LogP contribution in [0.3, 0.4) is 0 Å². The van der Waals surface area contributed by atoms with Gasteiger partial charge in [-0.05, 0) is 13.8 Å². The van der Waals surface area contributed by atoms with Crippen molar-refractivity contribution in [1.29, 1.82) is 0 Å². The molecule has 0 aliphatic carbocycles. The van der Waals surface area contributed by atoms with Gasteiger partial charge in [0.05, 0.1) is 0 Å². The molecular formula is C8H12. The Bertz CT molecular complexity index is 111. The Morgan fingerprint density at radius 2 is 1.25 bits per heavy atom. The van der Waals surface area contributed by atoms with Gasteiger partial charge in [0.25, 0.3) is 0 Å². The fourth-order valence-corrected chi connectivity index (χ4v) is 0.285. The summed E-state index contributed by atoms with van der Waals surface area (Å²) in [5.74, 6) is 0. The molecule has 0 aromatic heterocycles. The average Bonchev–Trinajstić information content (AvgIpc) is 1.61.